The van der Waals surface area contributed by atoms with E-state index in [0.717, 1.165) is 27.8 Å². The second kappa shape index (κ2) is 8.48. The number of anilines is 1. The second-order valence-electron chi connectivity index (χ2n) is 7.78. The molecule has 1 unspecified atom stereocenters. The van der Waals surface area contributed by atoms with Crippen LogP contribution in [0.2, 0.25) is 5.15 Å². The Hall–Kier alpha value is -3.64. The van der Waals surface area contributed by atoms with E-state index in [9.17, 15) is 14.7 Å². The third-order valence-corrected chi connectivity index (χ3v) is 5.72. The van der Waals surface area contributed by atoms with Crippen LogP contribution in [-0.4, -0.2) is 20.6 Å². The molecule has 2 aromatic heterocycles. The number of rotatable bonds is 5. The summed E-state index contributed by atoms with van der Waals surface area (Å²) in [6.45, 7) is 3.86. The first-order valence-electron chi connectivity index (χ1n) is 10.1. The fraction of sp³-hybridized carbons (Fsp3) is 0.160. The number of aromatic nitrogens is 2. The molecule has 0 saturated heterocycles. The maximum Gasteiger partial charge on any atom is 0.356 e. The first-order chi connectivity index (χ1) is 15.3. The third kappa shape index (κ3) is 3.97. The minimum atomic E-state index is -1.17. The van der Waals surface area contributed by atoms with Crippen molar-refractivity contribution < 1.29 is 9.90 Å². The number of hydrogen-bond donors (Lipinski definition) is 2. The zero-order valence-electron chi connectivity index (χ0n) is 17.9. The van der Waals surface area contributed by atoms with E-state index in [1.807, 2.05) is 62.4 Å². The molecule has 32 heavy (non-hydrogen) atoms. The SMILES string of the molecule is Cc1cc(C(C)Nc2ccc(Cl)nc2C(=O)O)c2cc(-c3ccccc3)n(C)c(=O)c2c1. The standard InChI is InChI=1S/C25H22ClN3O3/c1-14-11-17(15(2)27-20-9-10-22(26)28-23(20)25(31)32)18-13-21(16-7-5-4-6-8-16)29(3)24(30)19(18)12-14/h4-13,15,27H,1-3H3,(H,31,32). The lowest BCUT2D eigenvalue weighted by molar-refractivity contribution is 0.0691. The van der Waals surface area contributed by atoms with Gasteiger partial charge in [-0.3, -0.25) is 4.79 Å². The summed E-state index contributed by atoms with van der Waals surface area (Å²) in [5.74, 6) is -1.17. The number of carboxylic acids is 1. The molecule has 0 saturated carbocycles. The quantitative estimate of drug-likeness (QED) is 0.398. The molecule has 0 fully saturated rings. The fourth-order valence-electron chi connectivity index (χ4n) is 3.96. The smallest absolute Gasteiger partial charge is 0.356 e. The lowest BCUT2D eigenvalue weighted by Crippen LogP contribution is -2.20. The van der Waals surface area contributed by atoms with Crippen LogP contribution in [0.25, 0.3) is 22.0 Å². The van der Waals surface area contributed by atoms with Crippen LogP contribution in [0, 0.1) is 6.92 Å². The number of nitrogens with zero attached hydrogens (tertiary/aromatic N) is 2. The third-order valence-electron chi connectivity index (χ3n) is 5.51. The Bertz CT molecular complexity index is 1400. The van der Waals surface area contributed by atoms with E-state index in [2.05, 4.69) is 10.3 Å². The Morgan fingerprint density at radius 1 is 1.09 bits per heavy atom. The highest BCUT2D eigenvalue weighted by Gasteiger charge is 2.19. The summed E-state index contributed by atoms with van der Waals surface area (Å²) in [6, 6.07) is 18.5. The summed E-state index contributed by atoms with van der Waals surface area (Å²) >= 11 is 5.88. The summed E-state index contributed by atoms with van der Waals surface area (Å²) in [5.41, 5.74) is 3.70. The number of hydrogen-bond acceptors (Lipinski definition) is 4. The van der Waals surface area contributed by atoms with Gasteiger partial charge in [0.25, 0.3) is 5.56 Å². The lowest BCUT2D eigenvalue weighted by Gasteiger charge is -2.21. The van der Waals surface area contributed by atoms with Gasteiger partial charge in [-0.1, -0.05) is 48.0 Å². The highest BCUT2D eigenvalue weighted by atomic mass is 35.5. The molecule has 162 valence electrons. The molecule has 4 rings (SSSR count). The zero-order chi connectivity index (χ0) is 23.0. The molecule has 0 amide bonds. The van der Waals surface area contributed by atoms with Gasteiger partial charge in [0.15, 0.2) is 5.69 Å². The minimum absolute atomic E-state index is 0.0853. The number of aromatic carboxylic acids is 1. The molecule has 2 aromatic carbocycles. The monoisotopic (exact) mass is 447 g/mol. The minimum Gasteiger partial charge on any atom is -0.476 e. The average Bonchev–Trinajstić information content (AvgIpc) is 2.77. The van der Waals surface area contributed by atoms with Gasteiger partial charge in [0.1, 0.15) is 5.15 Å². The Morgan fingerprint density at radius 2 is 1.81 bits per heavy atom. The molecule has 2 heterocycles. The summed E-state index contributed by atoms with van der Waals surface area (Å²) in [6.07, 6.45) is 0. The van der Waals surface area contributed by atoms with Crippen molar-refractivity contribution in [3.8, 4) is 11.3 Å². The van der Waals surface area contributed by atoms with E-state index in [4.69, 9.17) is 11.6 Å². The van der Waals surface area contributed by atoms with E-state index in [-0.39, 0.29) is 22.4 Å². The molecular formula is C25H22ClN3O3. The molecular weight excluding hydrogens is 426 g/mol. The summed E-state index contributed by atoms with van der Waals surface area (Å²) in [5, 5.41) is 14.3. The molecule has 0 bridgehead atoms. The van der Waals surface area contributed by atoms with Crippen LogP contribution in [0.3, 0.4) is 0 Å². The molecule has 4 aromatic rings. The van der Waals surface area contributed by atoms with Gasteiger partial charge >= 0.3 is 5.97 Å². The van der Waals surface area contributed by atoms with E-state index >= 15 is 0 Å². The number of nitrogens with one attached hydrogen (secondary N) is 1. The van der Waals surface area contributed by atoms with Crippen LogP contribution in [0.5, 0.6) is 0 Å². The second-order valence-corrected chi connectivity index (χ2v) is 8.16. The maximum atomic E-state index is 13.2. The predicted octanol–water partition coefficient (Wildman–Crippen LogP) is 5.43. The van der Waals surface area contributed by atoms with Gasteiger partial charge < -0.3 is 15.0 Å². The van der Waals surface area contributed by atoms with Crippen molar-refractivity contribution in [2.24, 2.45) is 7.05 Å². The lowest BCUT2D eigenvalue weighted by atomic mass is 9.96. The van der Waals surface area contributed by atoms with Gasteiger partial charge in [0, 0.05) is 18.5 Å². The molecule has 6 nitrogen and oxygen atoms in total. The van der Waals surface area contributed by atoms with Gasteiger partial charge in [0.05, 0.1) is 11.4 Å². The van der Waals surface area contributed by atoms with Crippen molar-refractivity contribution in [3.05, 3.63) is 93.0 Å². The highest BCUT2D eigenvalue weighted by molar-refractivity contribution is 6.29. The van der Waals surface area contributed by atoms with Gasteiger partial charge in [-0.2, -0.15) is 0 Å². The molecule has 7 heteroatoms. The number of carboxylic acid groups (broad SMARTS) is 1. The molecule has 0 radical (unpaired) electrons. The molecule has 0 aliphatic rings. The van der Waals surface area contributed by atoms with E-state index < -0.39 is 5.97 Å². The van der Waals surface area contributed by atoms with Crippen LogP contribution in [0.4, 0.5) is 5.69 Å². The first kappa shape index (κ1) is 21.6. The molecule has 2 N–H and O–H groups in total. The Morgan fingerprint density at radius 3 is 2.50 bits per heavy atom. The number of pyridine rings is 2. The van der Waals surface area contributed by atoms with Crippen LogP contribution >= 0.6 is 11.6 Å². The van der Waals surface area contributed by atoms with Gasteiger partial charge in [-0.05, 0) is 60.2 Å². The van der Waals surface area contributed by atoms with Gasteiger partial charge in [0.2, 0.25) is 0 Å². The van der Waals surface area contributed by atoms with Crippen molar-refractivity contribution in [1.82, 2.24) is 9.55 Å². The van der Waals surface area contributed by atoms with E-state index in [1.54, 1.807) is 23.7 Å². The van der Waals surface area contributed by atoms with Crippen LogP contribution < -0.4 is 10.9 Å². The van der Waals surface area contributed by atoms with Crippen molar-refractivity contribution >= 4 is 34.0 Å². The summed E-state index contributed by atoms with van der Waals surface area (Å²) in [7, 11) is 1.77. The Kier molecular flexibility index (Phi) is 5.72. The molecule has 0 aliphatic carbocycles. The number of halogens is 1. The maximum absolute atomic E-state index is 13.2. The van der Waals surface area contributed by atoms with Crippen LogP contribution in [0.15, 0.2) is 65.5 Å². The normalized spacial score (nSPS) is 12.0. The van der Waals surface area contributed by atoms with Crippen molar-refractivity contribution in [1.29, 1.82) is 0 Å². The number of benzene rings is 2. The highest BCUT2D eigenvalue weighted by Crippen LogP contribution is 2.31. The van der Waals surface area contributed by atoms with Crippen LogP contribution in [-0.2, 0) is 7.05 Å². The zero-order valence-corrected chi connectivity index (χ0v) is 18.6. The molecule has 0 aliphatic heterocycles. The van der Waals surface area contributed by atoms with Gasteiger partial charge in [-0.15, -0.1) is 0 Å². The molecule has 0 spiro atoms. The Labute approximate surface area is 190 Å². The number of carbonyl (C=O) groups is 1. The molecule has 1 atom stereocenters. The largest absolute Gasteiger partial charge is 0.476 e. The topological polar surface area (TPSA) is 84.2 Å². The Balaban J connectivity index is 1.88. The summed E-state index contributed by atoms with van der Waals surface area (Å²) < 4.78 is 1.66. The van der Waals surface area contributed by atoms with E-state index in [1.165, 1.54) is 0 Å². The predicted molar refractivity (Wildman–Crippen MR) is 128 cm³/mol. The van der Waals surface area contributed by atoms with Crippen molar-refractivity contribution in [2.75, 3.05) is 5.32 Å². The summed E-state index contributed by atoms with van der Waals surface area (Å²) in [4.78, 5) is 28.8. The van der Waals surface area contributed by atoms with E-state index in [0.29, 0.717) is 11.1 Å². The van der Waals surface area contributed by atoms with Crippen molar-refractivity contribution in [3.63, 3.8) is 0 Å². The van der Waals surface area contributed by atoms with Crippen molar-refractivity contribution in [2.45, 2.75) is 19.9 Å². The number of fused-ring (bicyclic) bond motifs is 1. The van der Waals surface area contributed by atoms with Gasteiger partial charge in [-0.25, -0.2) is 9.78 Å². The average molecular weight is 448 g/mol. The first-order valence-corrected chi connectivity index (χ1v) is 10.5. The fourth-order valence-corrected chi connectivity index (χ4v) is 4.10. The van der Waals surface area contributed by atoms with Crippen LogP contribution in [0.1, 0.15) is 34.6 Å². The number of aryl methyl sites for hydroxylation is 1.